The summed E-state index contributed by atoms with van der Waals surface area (Å²) in [7, 11) is -4.45. The fourth-order valence-corrected chi connectivity index (χ4v) is 2.40. The van der Waals surface area contributed by atoms with Crippen LogP contribution in [0, 0.1) is 17.5 Å². The number of halogens is 3. The number of benzene rings is 2. The van der Waals surface area contributed by atoms with Crippen molar-refractivity contribution in [2.24, 2.45) is 0 Å². The molecule has 0 unspecified atom stereocenters. The highest BCUT2D eigenvalue weighted by atomic mass is 32.2. The largest absolute Gasteiger partial charge is 0.282 e. The van der Waals surface area contributed by atoms with Crippen molar-refractivity contribution in [1.29, 1.82) is 0 Å². The van der Waals surface area contributed by atoms with Gasteiger partial charge >= 0.3 is 0 Å². The maximum Gasteiger partial charge on any atom is 0.265 e. The molecule has 0 aliphatic carbocycles. The summed E-state index contributed by atoms with van der Waals surface area (Å²) < 4.78 is 62.7. The van der Waals surface area contributed by atoms with E-state index in [1.165, 1.54) is 0 Å². The van der Waals surface area contributed by atoms with E-state index in [0.717, 1.165) is 0 Å². The van der Waals surface area contributed by atoms with Crippen LogP contribution in [0.4, 0.5) is 13.2 Å². The predicted molar refractivity (Wildman–Crippen MR) is 67.9 cm³/mol. The van der Waals surface area contributed by atoms with Crippen LogP contribution in [0.3, 0.4) is 0 Å². The monoisotopic (exact) mass is 317 g/mol. The summed E-state index contributed by atoms with van der Waals surface area (Å²) in [6, 6.07) is 9.72. The minimum atomic E-state index is -4.45. The van der Waals surface area contributed by atoms with Gasteiger partial charge in [-0.2, -0.15) is 0 Å². The van der Waals surface area contributed by atoms with Crippen molar-refractivity contribution < 1.29 is 26.4 Å². The Labute approximate surface area is 119 Å². The van der Waals surface area contributed by atoms with Gasteiger partial charge < -0.3 is 0 Å². The molecule has 2 aromatic rings. The second kappa shape index (κ2) is 6.25. The summed E-state index contributed by atoms with van der Waals surface area (Å²) in [6.07, 6.45) is 0. The molecule has 0 saturated carbocycles. The number of hydrogen-bond donors (Lipinski definition) is 1. The highest BCUT2D eigenvalue weighted by molar-refractivity contribution is 7.89. The third-order valence-electron chi connectivity index (χ3n) is 2.54. The first-order chi connectivity index (χ1) is 9.92. The molecule has 0 saturated heterocycles. The summed E-state index contributed by atoms with van der Waals surface area (Å²) in [4.78, 5) is 5.36. The van der Waals surface area contributed by atoms with Gasteiger partial charge in [0, 0.05) is 0 Å². The van der Waals surface area contributed by atoms with Gasteiger partial charge in [-0.15, -0.1) is 0 Å². The van der Waals surface area contributed by atoms with Crippen LogP contribution in [0.15, 0.2) is 47.4 Å². The average molecular weight is 317 g/mol. The van der Waals surface area contributed by atoms with E-state index in [0.29, 0.717) is 17.7 Å². The Hall–Kier alpha value is -1.90. The molecule has 2 aromatic carbocycles. The molecule has 4 nitrogen and oxygen atoms in total. The number of sulfonamides is 1. The van der Waals surface area contributed by atoms with Crippen molar-refractivity contribution >= 4 is 10.0 Å². The molecule has 0 aromatic heterocycles. The Kier molecular flexibility index (Phi) is 4.61. The number of rotatable bonds is 5. The van der Waals surface area contributed by atoms with Crippen LogP contribution in [0.25, 0.3) is 0 Å². The first-order valence-corrected chi connectivity index (χ1v) is 7.21. The lowest BCUT2D eigenvalue weighted by Crippen LogP contribution is -2.25. The molecule has 2 rings (SSSR count). The number of nitrogens with one attached hydrogen (secondary N) is 1. The fraction of sp³-hybridized carbons (Fsp3) is 0.0769. The van der Waals surface area contributed by atoms with Crippen LogP contribution in [-0.2, 0) is 21.5 Å². The van der Waals surface area contributed by atoms with E-state index in [1.54, 1.807) is 35.2 Å². The topological polar surface area (TPSA) is 55.4 Å². The second-order valence-corrected chi connectivity index (χ2v) is 5.65. The first kappa shape index (κ1) is 15.5. The molecule has 1 N–H and O–H groups in total. The van der Waals surface area contributed by atoms with E-state index in [4.69, 9.17) is 4.84 Å². The normalized spacial score (nSPS) is 11.6. The minimum absolute atomic E-state index is 0.106. The Morgan fingerprint density at radius 2 is 1.62 bits per heavy atom. The number of hydrogen-bond acceptors (Lipinski definition) is 3. The summed E-state index contributed by atoms with van der Waals surface area (Å²) >= 11 is 0. The lowest BCUT2D eigenvalue weighted by atomic mass is 10.2. The van der Waals surface area contributed by atoms with Crippen molar-refractivity contribution in [2.75, 3.05) is 0 Å². The molecule has 0 fully saturated rings. The molecule has 0 heterocycles. The Morgan fingerprint density at radius 3 is 2.29 bits per heavy atom. The van der Waals surface area contributed by atoms with Gasteiger partial charge in [-0.3, -0.25) is 4.84 Å². The van der Waals surface area contributed by atoms with Gasteiger partial charge in [0.15, 0.2) is 17.5 Å². The van der Waals surface area contributed by atoms with E-state index < -0.39 is 32.4 Å². The second-order valence-electron chi connectivity index (χ2n) is 4.03. The maximum atomic E-state index is 13.4. The lowest BCUT2D eigenvalue weighted by molar-refractivity contribution is 0.0793. The summed E-state index contributed by atoms with van der Waals surface area (Å²) in [5.74, 6) is -5.14. The molecule has 0 amide bonds. The van der Waals surface area contributed by atoms with Crippen molar-refractivity contribution in [3.05, 3.63) is 65.5 Å². The fourth-order valence-electron chi connectivity index (χ4n) is 1.53. The molecule has 0 aliphatic rings. The van der Waals surface area contributed by atoms with E-state index in [9.17, 15) is 21.6 Å². The third kappa shape index (κ3) is 3.60. The standard InChI is InChI=1S/C13H10F3NO3S/c14-10-6-7-11(13(16)12(10)15)21(18,19)17-20-8-9-4-2-1-3-5-9/h1-7,17H,8H2. The van der Waals surface area contributed by atoms with E-state index in [1.807, 2.05) is 0 Å². The Morgan fingerprint density at radius 1 is 0.952 bits per heavy atom. The molecule has 0 aliphatic heterocycles. The predicted octanol–water partition coefficient (Wildman–Crippen LogP) is 2.51. The Balaban J connectivity index is 2.11. The summed E-state index contributed by atoms with van der Waals surface area (Å²) in [6.45, 7) is -0.106. The molecule has 0 spiro atoms. The van der Waals surface area contributed by atoms with Crippen molar-refractivity contribution in [3.8, 4) is 0 Å². The molecule has 0 radical (unpaired) electrons. The molecule has 8 heteroatoms. The van der Waals surface area contributed by atoms with Gasteiger partial charge in [-0.25, -0.2) is 21.6 Å². The zero-order valence-electron chi connectivity index (χ0n) is 10.5. The lowest BCUT2D eigenvalue weighted by Gasteiger charge is -2.08. The molecule has 0 atom stereocenters. The molecule has 21 heavy (non-hydrogen) atoms. The van der Waals surface area contributed by atoms with Gasteiger partial charge in [-0.05, 0) is 17.7 Å². The zero-order valence-corrected chi connectivity index (χ0v) is 11.3. The van der Waals surface area contributed by atoms with Crippen LogP contribution < -0.4 is 4.89 Å². The van der Waals surface area contributed by atoms with Crippen LogP contribution in [0.5, 0.6) is 0 Å². The molecule has 112 valence electrons. The van der Waals surface area contributed by atoms with Gasteiger partial charge in [0.1, 0.15) is 4.90 Å². The van der Waals surface area contributed by atoms with Crippen LogP contribution in [0.2, 0.25) is 0 Å². The zero-order chi connectivity index (χ0) is 15.5. The van der Waals surface area contributed by atoms with Crippen LogP contribution in [0.1, 0.15) is 5.56 Å². The Bertz CT molecular complexity index is 736. The summed E-state index contributed by atoms with van der Waals surface area (Å²) in [5.41, 5.74) is 0.672. The smallest absolute Gasteiger partial charge is 0.265 e. The highest BCUT2D eigenvalue weighted by Gasteiger charge is 2.24. The van der Waals surface area contributed by atoms with Crippen LogP contribution in [-0.4, -0.2) is 8.42 Å². The van der Waals surface area contributed by atoms with E-state index in [2.05, 4.69) is 0 Å². The van der Waals surface area contributed by atoms with Gasteiger partial charge in [0.25, 0.3) is 10.0 Å². The maximum absolute atomic E-state index is 13.4. The van der Waals surface area contributed by atoms with Crippen molar-refractivity contribution in [2.45, 2.75) is 11.5 Å². The van der Waals surface area contributed by atoms with Crippen molar-refractivity contribution in [3.63, 3.8) is 0 Å². The highest BCUT2D eigenvalue weighted by Crippen LogP contribution is 2.19. The van der Waals surface area contributed by atoms with Crippen molar-refractivity contribution in [1.82, 2.24) is 4.89 Å². The van der Waals surface area contributed by atoms with E-state index in [-0.39, 0.29) is 6.61 Å². The van der Waals surface area contributed by atoms with Crippen LogP contribution >= 0.6 is 0 Å². The van der Waals surface area contributed by atoms with Gasteiger partial charge in [0.05, 0.1) is 6.61 Å². The van der Waals surface area contributed by atoms with Gasteiger partial charge in [0.2, 0.25) is 0 Å². The molecule has 0 bridgehead atoms. The third-order valence-corrected chi connectivity index (χ3v) is 3.77. The first-order valence-electron chi connectivity index (χ1n) is 5.73. The molecular formula is C13H10F3NO3S. The van der Waals surface area contributed by atoms with Gasteiger partial charge in [-0.1, -0.05) is 35.2 Å². The molecular weight excluding hydrogens is 307 g/mol. The van der Waals surface area contributed by atoms with E-state index >= 15 is 0 Å². The average Bonchev–Trinajstić information content (AvgIpc) is 2.45. The minimum Gasteiger partial charge on any atom is -0.282 e. The quantitative estimate of drug-likeness (QED) is 0.681. The SMILES string of the molecule is O=S(=O)(NOCc1ccccc1)c1ccc(F)c(F)c1F. The summed E-state index contributed by atoms with van der Waals surface area (Å²) in [5, 5.41) is 0.